The molecule has 0 aromatic heterocycles. The highest BCUT2D eigenvalue weighted by Crippen LogP contribution is 2.38. The van der Waals surface area contributed by atoms with E-state index in [4.69, 9.17) is 0 Å². The van der Waals surface area contributed by atoms with Crippen LogP contribution in [-0.4, -0.2) is 44.3 Å². The van der Waals surface area contributed by atoms with Crippen LogP contribution in [0.15, 0.2) is 0 Å². The van der Waals surface area contributed by atoms with Crippen molar-refractivity contribution >= 4 is 23.3 Å². The van der Waals surface area contributed by atoms with Gasteiger partial charge in [0.2, 0.25) is 0 Å². The Balaban J connectivity index is 3.02. The molecule has 1 atom stereocenters. The zero-order valence-electron chi connectivity index (χ0n) is 9.80. The molecule has 1 rings (SSSR count). The van der Waals surface area contributed by atoms with E-state index in [1.807, 2.05) is 0 Å². The number of nitrogens with zero attached hydrogens (tertiary/aromatic N) is 1. The van der Waals surface area contributed by atoms with E-state index in [0.717, 1.165) is 0 Å². The van der Waals surface area contributed by atoms with Gasteiger partial charge < -0.3 is 4.57 Å². The van der Waals surface area contributed by atoms with Gasteiger partial charge in [-0.05, 0) is 19.2 Å². The monoisotopic (exact) mass is 268 g/mol. The van der Waals surface area contributed by atoms with Gasteiger partial charge in [0.1, 0.15) is 13.2 Å². The van der Waals surface area contributed by atoms with Gasteiger partial charge in [0.05, 0.1) is 6.29 Å². The van der Waals surface area contributed by atoms with Crippen molar-refractivity contribution in [3.8, 4) is 0 Å². The summed E-state index contributed by atoms with van der Waals surface area (Å²) in [5.41, 5.74) is 0. The lowest BCUT2D eigenvalue weighted by atomic mass is 10.1. The third-order valence-corrected chi connectivity index (χ3v) is 4.81. The molecule has 0 saturated carbocycles. The molecule has 0 aliphatic carbocycles. The van der Waals surface area contributed by atoms with E-state index in [0.29, 0.717) is 4.31 Å². The van der Waals surface area contributed by atoms with Gasteiger partial charge in [-0.25, -0.2) is 4.31 Å². The maximum Gasteiger partial charge on any atom is 0.304 e. The van der Waals surface area contributed by atoms with E-state index >= 15 is 0 Å². The summed E-state index contributed by atoms with van der Waals surface area (Å²) in [5.74, 6) is -0.640. The van der Waals surface area contributed by atoms with Crippen LogP contribution in [0.5, 0.6) is 0 Å². The molecule has 1 heterocycles. The van der Waals surface area contributed by atoms with E-state index in [2.05, 4.69) is 4.72 Å². The zero-order valence-corrected chi connectivity index (χ0v) is 11.5. The van der Waals surface area contributed by atoms with E-state index in [9.17, 15) is 17.8 Å². The summed E-state index contributed by atoms with van der Waals surface area (Å²) in [7, 11) is -6.41. The number of carbonyl (C=O) groups is 1. The lowest BCUT2D eigenvalue weighted by Crippen LogP contribution is -2.34. The highest BCUT2D eigenvalue weighted by molar-refractivity contribution is 7.88. The Kier molecular flexibility index (Phi) is 3.53. The van der Waals surface area contributed by atoms with Crippen molar-refractivity contribution in [3.05, 3.63) is 0 Å². The van der Waals surface area contributed by atoms with Crippen LogP contribution >= 0.6 is 7.14 Å². The maximum atomic E-state index is 11.8. The first-order valence-corrected chi connectivity index (χ1v) is 9.15. The van der Waals surface area contributed by atoms with Gasteiger partial charge in [0.15, 0.2) is 0 Å². The molecule has 1 aliphatic rings. The fraction of sp³-hybridized carbons (Fsp3) is 0.875. The second-order valence-electron chi connectivity index (χ2n) is 4.75. The van der Waals surface area contributed by atoms with Crippen LogP contribution in [0, 0.1) is 5.92 Å². The summed E-state index contributed by atoms with van der Waals surface area (Å²) in [4.78, 5) is 11.8. The summed E-state index contributed by atoms with van der Waals surface area (Å²) < 4.78 is 37.8. The highest BCUT2D eigenvalue weighted by Gasteiger charge is 2.45. The van der Waals surface area contributed by atoms with Crippen molar-refractivity contribution in [3.63, 3.8) is 0 Å². The average molecular weight is 268 g/mol. The molecule has 0 spiro atoms. The van der Waals surface area contributed by atoms with Gasteiger partial charge in [-0.3, -0.25) is 4.79 Å². The standard InChI is InChI=1S/C8H17N2O4PS/c1-6(2)7-8(11)10(5-15(3,4)12)16(13,14)9-7/h6-7,9H,5H2,1-4H3/t7-/m0/s1. The second kappa shape index (κ2) is 4.13. The number of rotatable bonds is 3. The molecule has 0 radical (unpaired) electrons. The summed E-state index contributed by atoms with van der Waals surface area (Å²) in [6.07, 6.45) is -0.232. The van der Waals surface area contributed by atoms with Crippen LogP contribution in [0.3, 0.4) is 0 Å². The van der Waals surface area contributed by atoms with Gasteiger partial charge in [-0.2, -0.15) is 13.1 Å². The Morgan fingerprint density at radius 2 is 1.94 bits per heavy atom. The largest absolute Gasteiger partial charge is 0.322 e. The van der Waals surface area contributed by atoms with E-state index in [1.165, 1.54) is 13.3 Å². The van der Waals surface area contributed by atoms with Gasteiger partial charge in [0.25, 0.3) is 5.91 Å². The molecule has 1 amide bonds. The fourth-order valence-corrected chi connectivity index (χ4v) is 4.80. The third-order valence-electron chi connectivity index (χ3n) is 2.21. The minimum absolute atomic E-state index is 0.125. The molecule has 8 heteroatoms. The molecule has 0 aromatic rings. The van der Waals surface area contributed by atoms with Crippen molar-refractivity contribution in [2.24, 2.45) is 5.92 Å². The van der Waals surface area contributed by atoms with Gasteiger partial charge in [0, 0.05) is 0 Å². The molecule has 6 nitrogen and oxygen atoms in total. The molecule has 1 saturated heterocycles. The highest BCUT2D eigenvalue weighted by atomic mass is 32.2. The molecule has 0 bridgehead atoms. The van der Waals surface area contributed by atoms with Crippen LogP contribution in [0.4, 0.5) is 0 Å². The molecule has 16 heavy (non-hydrogen) atoms. The van der Waals surface area contributed by atoms with Crippen molar-refractivity contribution in [2.75, 3.05) is 19.6 Å². The van der Waals surface area contributed by atoms with Crippen molar-refractivity contribution in [1.82, 2.24) is 9.03 Å². The summed E-state index contributed by atoms with van der Waals surface area (Å²) in [5, 5.41) is 0. The number of nitrogens with one attached hydrogen (secondary N) is 1. The average Bonchev–Trinajstić information content (AvgIpc) is 2.26. The lowest BCUT2D eigenvalue weighted by molar-refractivity contribution is -0.127. The molecular formula is C8H17N2O4PS. The first-order valence-electron chi connectivity index (χ1n) is 4.92. The smallest absolute Gasteiger partial charge is 0.304 e. The first kappa shape index (κ1) is 13.7. The minimum Gasteiger partial charge on any atom is -0.322 e. The Bertz CT molecular complexity index is 439. The normalized spacial score (nSPS) is 25.4. The van der Waals surface area contributed by atoms with E-state index < -0.39 is 29.3 Å². The molecule has 0 aromatic carbocycles. The van der Waals surface area contributed by atoms with Crippen molar-refractivity contribution in [1.29, 1.82) is 0 Å². The predicted molar refractivity (Wildman–Crippen MR) is 61.8 cm³/mol. The predicted octanol–water partition coefficient (Wildman–Crippen LogP) is 0.268. The van der Waals surface area contributed by atoms with Crippen LogP contribution in [-0.2, 0) is 19.6 Å². The SMILES string of the molecule is CC(C)[C@@H]1NS(=O)(=O)N(CP(C)(C)=O)C1=O. The molecule has 94 valence electrons. The number of hydrogen-bond acceptors (Lipinski definition) is 4. The molecule has 1 N–H and O–H groups in total. The number of carbonyl (C=O) groups excluding carboxylic acids is 1. The Labute approximate surface area is 95.9 Å². The van der Waals surface area contributed by atoms with E-state index in [-0.39, 0.29) is 12.2 Å². The third kappa shape index (κ3) is 2.84. The van der Waals surface area contributed by atoms with Crippen LogP contribution in [0.1, 0.15) is 13.8 Å². The number of amides is 1. The van der Waals surface area contributed by atoms with Gasteiger partial charge in [-0.15, -0.1) is 0 Å². The summed E-state index contributed by atoms with van der Waals surface area (Å²) in [6.45, 7) is 6.43. The lowest BCUT2D eigenvalue weighted by Gasteiger charge is -2.17. The Hall–Kier alpha value is -0.390. The van der Waals surface area contributed by atoms with Crippen molar-refractivity contribution in [2.45, 2.75) is 19.9 Å². The Morgan fingerprint density at radius 1 is 1.44 bits per heavy atom. The molecule has 1 fully saturated rings. The quantitative estimate of drug-likeness (QED) is 0.745. The first-order chi connectivity index (χ1) is 7.04. The minimum atomic E-state index is -3.80. The maximum absolute atomic E-state index is 11.8. The second-order valence-corrected chi connectivity index (χ2v) is 9.80. The van der Waals surface area contributed by atoms with Crippen LogP contribution in [0.2, 0.25) is 0 Å². The number of hydrogen-bond donors (Lipinski definition) is 1. The molecule has 0 unspecified atom stereocenters. The Morgan fingerprint density at radius 3 is 2.25 bits per heavy atom. The van der Waals surface area contributed by atoms with Gasteiger partial charge >= 0.3 is 10.2 Å². The fourth-order valence-electron chi connectivity index (χ4n) is 1.42. The molecule has 1 aliphatic heterocycles. The summed E-state index contributed by atoms with van der Waals surface area (Å²) >= 11 is 0. The summed E-state index contributed by atoms with van der Waals surface area (Å²) in [6, 6.07) is -0.739. The van der Waals surface area contributed by atoms with Crippen molar-refractivity contribution < 1.29 is 17.8 Å². The topological polar surface area (TPSA) is 83.6 Å². The van der Waals surface area contributed by atoms with E-state index in [1.54, 1.807) is 13.8 Å². The van der Waals surface area contributed by atoms with Crippen LogP contribution < -0.4 is 4.72 Å². The zero-order chi connectivity index (χ0) is 12.7. The van der Waals surface area contributed by atoms with Crippen LogP contribution in [0.25, 0.3) is 0 Å². The molecular weight excluding hydrogens is 251 g/mol. The van der Waals surface area contributed by atoms with Gasteiger partial charge in [-0.1, -0.05) is 13.8 Å².